The number of carbonyl (C=O) groups excluding carboxylic acids is 1. The first-order valence-corrected chi connectivity index (χ1v) is 13.1. The smallest absolute Gasteiger partial charge is 0.228 e. The Hall–Kier alpha value is -3.19. The van der Waals surface area contributed by atoms with Gasteiger partial charge in [0.15, 0.2) is 0 Å². The monoisotopic (exact) mass is 502 g/mol. The van der Waals surface area contributed by atoms with Crippen LogP contribution < -0.4 is 5.32 Å². The Morgan fingerprint density at radius 2 is 2.08 bits per heavy atom. The highest BCUT2D eigenvalue weighted by atomic mass is 32.2. The Morgan fingerprint density at radius 3 is 2.78 bits per heavy atom. The second-order valence-corrected chi connectivity index (χ2v) is 11.1. The molecule has 1 aliphatic carbocycles. The summed E-state index contributed by atoms with van der Waals surface area (Å²) in [6.45, 7) is 3.21. The van der Waals surface area contributed by atoms with Crippen molar-refractivity contribution in [3.05, 3.63) is 60.1 Å². The van der Waals surface area contributed by atoms with Crippen molar-refractivity contribution in [2.24, 2.45) is 5.92 Å². The molecule has 7 nitrogen and oxygen atoms in total. The van der Waals surface area contributed by atoms with Gasteiger partial charge in [0.25, 0.3) is 0 Å². The lowest BCUT2D eigenvalue weighted by atomic mass is 9.84. The number of hydrogen-bond acceptors (Lipinski definition) is 6. The lowest BCUT2D eigenvalue weighted by Crippen LogP contribution is -2.68. The molecule has 4 heterocycles. The quantitative estimate of drug-likeness (QED) is 0.451. The van der Waals surface area contributed by atoms with E-state index in [1.807, 2.05) is 18.3 Å². The van der Waals surface area contributed by atoms with E-state index < -0.39 is 0 Å². The predicted octanol–water partition coefficient (Wildman–Crippen LogP) is 4.81. The lowest BCUT2D eigenvalue weighted by Gasteiger charge is -2.55. The van der Waals surface area contributed by atoms with Crippen LogP contribution in [0.3, 0.4) is 0 Å². The van der Waals surface area contributed by atoms with Gasteiger partial charge < -0.3 is 10.3 Å². The highest BCUT2D eigenvalue weighted by Gasteiger charge is 2.48. The zero-order valence-corrected chi connectivity index (χ0v) is 20.7. The second-order valence-electron chi connectivity index (χ2n) is 9.89. The van der Waals surface area contributed by atoms with Crippen molar-refractivity contribution in [1.29, 1.82) is 5.26 Å². The Kier molecular flexibility index (Phi) is 6.04. The normalized spacial score (nSPS) is 19.9. The van der Waals surface area contributed by atoms with Crippen molar-refractivity contribution in [2.45, 2.75) is 36.1 Å². The molecule has 1 saturated carbocycles. The van der Waals surface area contributed by atoms with Gasteiger partial charge in [-0.1, -0.05) is 6.08 Å². The minimum Gasteiger partial charge on any atom is -0.346 e. The third kappa shape index (κ3) is 4.52. The summed E-state index contributed by atoms with van der Waals surface area (Å²) in [5.74, 6) is 0.529. The number of carbonyl (C=O) groups is 1. The van der Waals surface area contributed by atoms with Crippen LogP contribution in [0.15, 0.2) is 53.6 Å². The van der Waals surface area contributed by atoms with Crippen LogP contribution >= 0.6 is 11.9 Å². The molecule has 9 heteroatoms. The highest BCUT2D eigenvalue weighted by Crippen LogP contribution is 2.41. The van der Waals surface area contributed by atoms with Crippen LogP contribution in [0.1, 0.15) is 31.2 Å². The summed E-state index contributed by atoms with van der Waals surface area (Å²) >= 11 is 1.61. The number of aromatic amines is 1. The molecule has 184 valence electrons. The molecular weight excluding hydrogens is 475 g/mol. The topological polar surface area (TPSA) is 88.0 Å². The van der Waals surface area contributed by atoms with Crippen LogP contribution in [0.4, 0.5) is 10.2 Å². The van der Waals surface area contributed by atoms with Crippen LogP contribution in [-0.4, -0.2) is 56.8 Å². The summed E-state index contributed by atoms with van der Waals surface area (Å²) in [4.78, 5) is 23.5. The number of amides is 1. The van der Waals surface area contributed by atoms with Gasteiger partial charge >= 0.3 is 0 Å². The molecule has 0 spiro atoms. The van der Waals surface area contributed by atoms with Crippen molar-refractivity contribution in [3.8, 4) is 6.07 Å². The molecule has 1 aromatic carbocycles. The molecule has 0 atom stereocenters. The number of benzene rings is 1. The van der Waals surface area contributed by atoms with E-state index in [0.29, 0.717) is 12.2 Å². The number of pyridine rings is 1. The van der Waals surface area contributed by atoms with Gasteiger partial charge in [0, 0.05) is 48.6 Å². The average molecular weight is 503 g/mol. The zero-order chi connectivity index (χ0) is 24.7. The Bertz CT molecular complexity index is 1370. The van der Waals surface area contributed by atoms with E-state index in [1.165, 1.54) is 17.7 Å². The van der Waals surface area contributed by atoms with Crippen LogP contribution in [0.5, 0.6) is 0 Å². The summed E-state index contributed by atoms with van der Waals surface area (Å²) in [6.07, 6.45) is 7.38. The predicted molar refractivity (Wildman–Crippen MR) is 138 cm³/mol. The number of aromatic nitrogens is 2. The number of nitrogens with one attached hydrogen (secondary N) is 2. The first-order valence-electron chi connectivity index (χ1n) is 12.3. The van der Waals surface area contributed by atoms with E-state index in [0.717, 1.165) is 66.9 Å². The maximum Gasteiger partial charge on any atom is 0.228 e. The number of hydrogen-bond donors (Lipinski definition) is 2. The Labute approximate surface area is 213 Å². The van der Waals surface area contributed by atoms with E-state index in [4.69, 9.17) is 0 Å². The molecule has 6 rings (SSSR count). The zero-order valence-electron chi connectivity index (χ0n) is 19.8. The number of nitriles is 1. The average Bonchev–Trinajstić information content (AvgIpc) is 3.61. The van der Waals surface area contributed by atoms with E-state index in [9.17, 15) is 14.4 Å². The largest absolute Gasteiger partial charge is 0.346 e. The maximum atomic E-state index is 13.2. The molecule has 2 fully saturated rings. The molecule has 2 aromatic heterocycles. The van der Waals surface area contributed by atoms with Gasteiger partial charge in [-0.25, -0.2) is 13.7 Å². The minimum absolute atomic E-state index is 0.0506. The number of fused-ring (bicyclic) bond motifs is 1. The summed E-state index contributed by atoms with van der Waals surface area (Å²) in [5.41, 5.74) is 2.94. The number of anilines is 1. The molecule has 0 bridgehead atoms. The summed E-state index contributed by atoms with van der Waals surface area (Å²) in [6, 6.07) is 13.0. The van der Waals surface area contributed by atoms with Crippen LogP contribution in [-0.2, 0) is 4.79 Å². The number of nitrogens with zero attached hydrogens (tertiary/aromatic N) is 4. The first-order chi connectivity index (χ1) is 17.5. The minimum atomic E-state index is -0.235. The first kappa shape index (κ1) is 23.2. The maximum absolute atomic E-state index is 13.2. The fourth-order valence-corrected chi connectivity index (χ4v) is 6.34. The van der Waals surface area contributed by atoms with Gasteiger partial charge in [0.05, 0.1) is 18.0 Å². The Balaban J connectivity index is 1.17. The SMILES string of the molecule is N#CCC1(N2CC=C(c3cc(NC(=O)C4CC4)nc4[nH]ccc34)CC2)CN(Sc2ccc(F)cc2)C1. The Morgan fingerprint density at radius 1 is 1.28 bits per heavy atom. The fraction of sp³-hybridized carbons (Fsp3) is 0.370. The van der Waals surface area contributed by atoms with E-state index >= 15 is 0 Å². The highest BCUT2D eigenvalue weighted by molar-refractivity contribution is 7.97. The molecule has 0 radical (unpaired) electrons. The van der Waals surface area contributed by atoms with Crippen LogP contribution in [0, 0.1) is 23.1 Å². The van der Waals surface area contributed by atoms with Gasteiger partial charge in [-0.3, -0.25) is 9.69 Å². The molecular formula is C27H27FN6OS. The van der Waals surface area contributed by atoms with Crippen molar-refractivity contribution < 1.29 is 9.18 Å². The van der Waals surface area contributed by atoms with E-state index in [1.54, 1.807) is 24.1 Å². The van der Waals surface area contributed by atoms with E-state index in [-0.39, 0.29) is 23.2 Å². The van der Waals surface area contributed by atoms with Gasteiger partial charge in [0.2, 0.25) is 5.91 Å². The molecule has 3 aromatic rings. The molecule has 2 aliphatic heterocycles. The molecule has 3 aliphatic rings. The van der Waals surface area contributed by atoms with Gasteiger partial charge in [-0.15, -0.1) is 0 Å². The van der Waals surface area contributed by atoms with Crippen molar-refractivity contribution in [2.75, 3.05) is 31.5 Å². The molecule has 36 heavy (non-hydrogen) atoms. The molecule has 1 amide bonds. The number of rotatable bonds is 7. The van der Waals surface area contributed by atoms with Crippen molar-refractivity contribution >= 4 is 40.3 Å². The fourth-order valence-electron chi connectivity index (χ4n) is 5.18. The third-order valence-electron chi connectivity index (χ3n) is 7.35. The van der Waals surface area contributed by atoms with Crippen molar-refractivity contribution in [3.63, 3.8) is 0 Å². The van der Waals surface area contributed by atoms with Gasteiger partial charge in [-0.2, -0.15) is 5.26 Å². The summed E-state index contributed by atoms with van der Waals surface area (Å²) in [5, 5.41) is 13.6. The summed E-state index contributed by atoms with van der Waals surface area (Å²) in [7, 11) is 0. The van der Waals surface area contributed by atoms with Gasteiger partial charge in [0.1, 0.15) is 17.3 Å². The van der Waals surface area contributed by atoms with Gasteiger partial charge in [-0.05, 0) is 78.7 Å². The summed E-state index contributed by atoms with van der Waals surface area (Å²) < 4.78 is 15.5. The lowest BCUT2D eigenvalue weighted by molar-refractivity contribution is -0.117. The van der Waals surface area contributed by atoms with Crippen LogP contribution in [0.25, 0.3) is 16.6 Å². The molecule has 2 N–H and O–H groups in total. The third-order valence-corrected chi connectivity index (χ3v) is 8.35. The second kappa shape index (κ2) is 9.36. The van der Waals surface area contributed by atoms with Crippen LogP contribution in [0.2, 0.25) is 0 Å². The molecule has 1 saturated heterocycles. The standard InChI is InChI=1S/C27H27FN6OS/c28-20-3-5-21(6-4-20)36-34-16-27(17-34,10-11-29)33-13-8-18(9-14-33)23-15-24(32-26(35)19-1-2-19)31-25-22(23)7-12-30-25/h3-8,12,15,19H,1-2,9-10,13-14,16-17H2,(H2,30,31,32,35). The van der Waals surface area contributed by atoms with Crippen molar-refractivity contribution in [1.82, 2.24) is 19.2 Å². The number of H-pyrrole nitrogens is 1. The number of halogens is 1. The molecule has 0 unspecified atom stereocenters. The van der Waals surface area contributed by atoms with E-state index in [2.05, 4.69) is 36.6 Å².